The van der Waals surface area contributed by atoms with Crippen molar-refractivity contribution in [3.8, 4) is 5.75 Å². The number of aryl methyl sites for hydroxylation is 1. The van der Waals surface area contributed by atoms with E-state index in [9.17, 15) is 14.0 Å². The molecule has 2 aromatic carbocycles. The minimum Gasteiger partial charge on any atom is -0.495 e. The summed E-state index contributed by atoms with van der Waals surface area (Å²) in [5.74, 6) is -0.869. The van der Waals surface area contributed by atoms with Gasteiger partial charge in [-0.25, -0.2) is 4.39 Å². The molecule has 0 unspecified atom stereocenters. The molecular weight excluding hydrogens is 361 g/mol. The summed E-state index contributed by atoms with van der Waals surface area (Å²) in [6.45, 7) is 1.46. The number of benzene rings is 2. The Balaban J connectivity index is 1.82. The number of hydrogen-bond donors (Lipinski definition) is 3. The van der Waals surface area contributed by atoms with Crippen molar-refractivity contribution in [1.82, 2.24) is 5.32 Å². The summed E-state index contributed by atoms with van der Waals surface area (Å²) in [5.41, 5.74) is 1.59. The molecule has 0 heterocycles. The monoisotopic (exact) mass is 379 g/mol. The maximum Gasteiger partial charge on any atom is 0.243 e. The highest BCUT2D eigenvalue weighted by atomic mass is 35.5. The number of methoxy groups -OCH3 is 1. The maximum absolute atomic E-state index is 13.6. The largest absolute Gasteiger partial charge is 0.495 e. The highest BCUT2D eigenvalue weighted by Gasteiger charge is 2.10. The van der Waals surface area contributed by atoms with Gasteiger partial charge in [0.15, 0.2) is 0 Å². The lowest BCUT2D eigenvalue weighted by Gasteiger charge is -2.12. The number of carbonyl (C=O) groups excluding carboxylic acids is 2. The van der Waals surface area contributed by atoms with E-state index in [0.717, 1.165) is 5.56 Å². The predicted octanol–water partition coefficient (Wildman–Crippen LogP) is 2.96. The Morgan fingerprint density at radius 2 is 1.85 bits per heavy atom. The van der Waals surface area contributed by atoms with Crippen LogP contribution in [0.3, 0.4) is 0 Å². The molecule has 6 nitrogen and oxygen atoms in total. The van der Waals surface area contributed by atoms with Crippen LogP contribution in [-0.2, 0) is 9.59 Å². The standard InChI is InChI=1S/C18H19ClFN3O3/c1-11-3-6-16(26-2)15(7-11)23-18(25)10-22-17(24)9-21-14-8-12(19)4-5-13(14)20/h3-8,21H,9-10H2,1-2H3,(H,22,24)(H,23,25). The summed E-state index contributed by atoms with van der Waals surface area (Å²) in [4.78, 5) is 23.8. The Labute approximate surface area is 155 Å². The minimum atomic E-state index is -0.522. The van der Waals surface area contributed by atoms with Gasteiger partial charge in [-0.05, 0) is 42.8 Å². The van der Waals surface area contributed by atoms with Crippen LogP contribution in [-0.4, -0.2) is 32.0 Å². The molecule has 0 aromatic heterocycles. The second-order valence-electron chi connectivity index (χ2n) is 5.51. The van der Waals surface area contributed by atoms with Crippen LogP contribution < -0.4 is 20.7 Å². The first-order chi connectivity index (χ1) is 12.4. The Hall–Kier alpha value is -2.80. The van der Waals surface area contributed by atoms with Crippen molar-refractivity contribution in [3.05, 3.63) is 52.8 Å². The third kappa shape index (κ3) is 5.63. The lowest BCUT2D eigenvalue weighted by atomic mass is 10.2. The van der Waals surface area contributed by atoms with Gasteiger partial charge in [0.25, 0.3) is 0 Å². The SMILES string of the molecule is COc1ccc(C)cc1NC(=O)CNC(=O)CNc1cc(Cl)ccc1F. The molecule has 0 radical (unpaired) electrons. The van der Waals surface area contributed by atoms with Gasteiger partial charge >= 0.3 is 0 Å². The minimum absolute atomic E-state index is 0.113. The second kappa shape index (κ2) is 9.05. The van der Waals surface area contributed by atoms with Gasteiger partial charge in [0.1, 0.15) is 11.6 Å². The first-order valence-electron chi connectivity index (χ1n) is 7.79. The van der Waals surface area contributed by atoms with E-state index in [4.69, 9.17) is 16.3 Å². The van der Waals surface area contributed by atoms with Gasteiger partial charge < -0.3 is 20.7 Å². The van der Waals surface area contributed by atoms with E-state index in [1.54, 1.807) is 12.1 Å². The van der Waals surface area contributed by atoms with Crippen molar-refractivity contribution < 1.29 is 18.7 Å². The van der Waals surface area contributed by atoms with Crippen molar-refractivity contribution in [2.75, 3.05) is 30.8 Å². The van der Waals surface area contributed by atoms with Crippen LogP contribution in [0, 0.1) is 12.7 Å². The van der Waals surface area contributed by atoms with E-state index in [1.807, 2.05) is 13.0 Å². The number of nitrogens with one attached hydrogen (secondary N) is 3. The third-order valence-corrected chi connectivity index (χ3v) is 3.68. The highest BCUT2D eigenvalue weighted by molar-refractivity contribution is 6.30. The molecule has 2 aromatic rings. The zero-order valence-corrected chi connectivity index (χ0v) is 15.1. The quantitative estimate of drug-likeness (QED) is 0.691. The van der Waals surface area contributed by atoms with Gasteiger partial charge in [-0.15, -0.1) is 0 Å². The first kappa shape index (κ1) is 19.5. The third-order valence-electron chi connectivity index (χ3n) is 3.44. The second-order valence-corrected chi connectivity index (χ2v) is 5.94. The molecule has 0 aliphatic carbocycles. The van der Waals surface area contributed by atoms with Crippen LogP contribution in [0.4, 0.5) is 15.8 Å². The van der Waals surface area contributed by atoms with E-state index < -0.39 is 17.6 Å². The maximum atomic E-state index is 13.6. The van der Waals surface area contributed by atoms with Gasteiger partial charge in [-0.2, -0.15) is 0 Å². The Kier molecular flexibility index (Phi) is 6.80. The number of anilines is 2. The molecular formula is C18H19ClFN3O3. The summed E-state index contributed by atoms with van der Waals surface area (Å²) in [5, 5.41) is 8.10. The van der Waals surface area contributed by atoms with Gasteiger partial charge in [0.05, 0.1) is 31.6 Å². The fraction of sp³-hybridized carbons (Fsp3) is 0.222. The molecule has 0 fully saturated rings. The van der Waals surface area contributed by atoms with Crippen LogP contribution in [0.15, 0.2) is 36.4 Å². The van der Waals surface area contributed by atoms with Crippen LogP contribution >= 0.6 is 11.6 Å². The molecule has 0 atom stereocenters. The van der Waals surface area contributed by atoms with E-state index in [-0.39, 0.29) is 18.8 Å². The number of ether oxygens (including phenoxy) is 1. The molecule has 0 saturated carbocycles. The normalized spacial score (nSPS) is 10.2. The van der Waals surface area contributed by atoms with Crippen molar-refractivity contribution in [1.29, 1.82) is 0 Å². The fourth-order valence-electron chi connectivity index (χ4n) is 2.16. The Morgan fingerprint density at radius 3 is 2.58 bits per heavy atom. The van der Waals surface area contributed by atoms with Gasteiger partial charge in [0.2, 0.25) is 11.8 Å². The average molecular weight is 380 g/mol. The summed E-state index contributed by atoms with van der Waals surface area (Å²) in [6, 6.07) is 9.35. The van der Waals surface area contributed by atoms with Crippen molar-refractivity contribution in [3.63, 3.8) is 0 Å². The zero-order chi connectivity index (χ0) is 19.1. The fourth-order valence-corrected chi connectivity index (χ4v) is 2.34. The lowest BCUT2D eigenvalue weighted by molar-refractivity contribution is -0.122. The van der Waals surface area contributed by atoms with Crippen molar-refractivity contribution in [2.45, 2.75) is 6.92 Å². The highest BCUT2D eigenvalue weighted by Crippen LogP contribution is 2.25. The Morgan fingerprint density at radius 1 is 1.08 bits per heavy atom. The average Bonchev–Trinajstić information content (AvgIpc) is 2.61. The summed E-state index contributed by atoms with van der Waals surface area (Å²) in [6.07, 6.45) is 0. The molecule has 0 spiro atoms. The van der Waals surface area contributed by atoms with Gasteiger partial charge in [-0.3, -0.25) is 9.59 Å². The molecule has 26 heavy (non-hydrogen) atoms. The van der Waals surface area contributed by atoms with Crippen LogP contribution in [0.25, 0.3) is 0 Å². The number of halogens is 2. The van der Waals surface area contributed by atoms with Crippen molar-refractivity contribution in [2.24, 2.45) is 0 Å². The van der Waals surface area contributed by atoms with E-state index in [1.165, 1.54) is 25.3 Å². The molecule has 0 aliphatic heterocycles. The van der Waals surface area contributed by atoms with Crippen molar-refractivity contribution >= 4 is 34.8 Å². The predicted molar refractivity (Wildman–Crippen MR) is 99.3 cm³/mol. The molecule has 2 rings (SSSR count). The zero-order valence-electron chi connectivity index (χ0n) is 14.4. The smallest absolute Gasteiger partial charge is 0.243 e. The number of rotatable bonds is 7. The number of carbonyl (C=O) groups is 2. The topological polar surface area (TPSA) is 79.5 Å². The van der Waals surface area contributed by atoms with E-state index in [0.29, 0.717) is 16.5 Å². The molecule has 2 amide bonds. The molecule has 0 saturated heterocycles. The summed E-state index contributed by atoms with van der Waals surface area (Å²) in [7, 11) is 1.50. The van der Waals surface area contributed by atoms with Gasteiger partial charge in [0, 0.05) is 5.02 Å². The molecule has 3 N–H and O–H groups in total. The van der Waals surface area contributed by atoms with E-state index in [2.05, 4.69) is 16.0 Å². The first-order valence-corrected chi connectivity index (χ1v) is 8.17. The number of hydrogen-bond acceptors (Lipinski definition) is 4. The summed E-state index contributed by atoms with van der Waals surface area (Å²) < 4.78 is 18.7. The summed E-state index contributed by atoms with van der Waals surface area (Å²) >= 11 is 5.78. The van der Waals surface area contributed by atoms with Gasteiger partial charge in [-0.1, -0.05) is 17.7 Å². The molecule has 138 valence electrons. The lowest BCUT2D eigenvalue weighted by Crippen LogP contribution is -2.36. The van der Waals surface area contributed by atoms with Crippen LogP contribution in [0.5, 0.6) is 5.75 Å². The molecule has 0 aliphatic rings. The van der Waals surface area contributed by atoms with Crippen LogP contribution in [0.2, 0.25) is 5.02 Å². The Bertz CT molecular complexity index is 814. The number of amides is 2. The van der Waals surface area contributed by atoms with E-state index >= 15 is 0 Å². The van der Waals surface area contributed by atoms with Crippen LogP contribution in [0.1, 0.15) is 5.56 Å². The molecule has 8 heteroatoms. The molecule has 0 bridgehead atoms.